The van der Waals surface area contributed by atoms with Gasteiger partial charge in [-0.05, 0) is 35.0 Å². The summed E-state index contributed by atoms with van der Waals surface area (Å²) in [4.78, 5) is 11.3. The molecule has 9 heteroatoms. The largest absolute Gasteiger partial charge is 0.506 e. The lowest BCUT2D eigenvalue weighted by Crippen LogP contribution is -2.41. The molecule has 1 aromatic rings. The summed E-state index contributed by atoms with van der Waals surface area (Å²) in [5.41, 5.74) is 5.09. The van der Waals surface area contributed by atoms with Crippen LogP contribution in [0.2, 0.25) is 0 Å². The van der Waals surface area contributed by atoms with Gasteiger partial charge >= 0.3 is 11.9 Å². The number of carbonyl (C=O) groups excluding carboxylic acids is 1. The zero-order valence-corrected chi connectivity index (χ0v) is 13.6. The minimum Gasteiger partial charge on any atom is -0.506 e. The van der Waals surface area contributed by atoms with Gasteiger partial charge in [0.05, 0.1) is 18.2 Å². The SMILES string of the molecule is CCOC(=O)C(F)(F)[C@@H](N)c1cc(OC)cc(Br)c1O.Cl. The Morgan fingerprint density at radius 1 is 1.52 bits per heavy atom. The highest BCUT2D eigenvalue weighted by Crippen LogP contribution is 2.40. The number of rotatable bonds is 5. The van der Waals surface area contributed by atoms with E-state index in [0.29, 0.717) is 0 Å². The number of carbonyl (C=O) groups is 1. The third kappa shape index (κ3) is 4.18. The number of esters is 1. The highest BCUT2D eigenvalue weighted by molar-refractivity contribution is 9.10. The third-order valence-electron chi connectivity index (χ3n) is 2.58. The molecule has 1 aromatic carbocycles. The number of halogens is 4. The van der Waals surface area contributed by atoms with Crippen LogP contribution in [0.5, 0.6) is 11.5 Å². The number of aromatic hydroxyl groups is 1. The lowest BCUT2D eigenvalue weighted by molar-refractivity contribution is -0.174. The fourth-order valence-electron chi connectivity index (χ4n) is 1.50. The molecule has 5 nitrogen and oxygen atoms in total. The van der Waals surface area contributed by atoms with Crippen LogP contribution in [0.15, 0.2) is 16.6 Å². The Labute approximate surface area is 134 Å². The molecule has 0 bridgehead atoms. The molecule has 0 aliphatic carbocycles. The highest BCUT2D eigenvalue weighted by Gasteiger charge is 2.49. The standard InChI is InChI=1S/C12H14BrF2NO4.ClH/c1-3-20-11(18)12(14,15)10(16)7-4-6(19-2)5-8(13)9(7)17;/h4-5,10,17H,3,16H2,1-2H3;1H/t10-;/m0./s1. The topological polar surface area (TPSA) is 81.8 Å². The Morgan fingerprint density at radius 2 is 2.10 bits per heavy atom. The molecule has 0 fully saturated rings. The van der Waals surface area contributed by atoms with Crippen LogP contribution in [0.1, 0.15) is 18.5 Å². The fourth-order valence-corrected chi connectivity index (χ4v) is 1.95. The van der Waals surface area contributed by atoms with Crippen molar-refractivity contribution in [3.8, 4) is 11.5 Å². The fraction of sp³-hybridized carbons (Fsp3) is 0.417. The molecule has 21 heavy (non-hydrogen) atoms. The van der Waals surface area contributed by atoms with Gasteiger partial charge in [-0.3, -0.25) is 0 Å². The molecule has 120 valence electrons. The normalized spacial score (nSPS) is 12.3. The number of phenolic OH excluding ortho intramolecular Hbond substituents is 1. The van der Waals surface area contributed by atoms with Gasteiger partial charge in [0.25, 0.3) is 0 Å². The second-order valence-corrected chi connectivity index (χ2v) is 4.72. The number of benzene rings is 1. The number of nitrogens with two attached hydrogens (primary N) is 1. The van der Waals surface area contributed by atoms with Gasteiger partial charge < -0.3 is 20.3 Å². The van der Waals surface area contributed by atoms with Gasteiger partial charge in [-0.15, -0.1) is 12.4 Å². The second-order valence-electron chi connectivity index (χ2n) is 3.87. The van der Waals surface area contributed by atoms with E-state index in [1.165, 1.54) is 20.1 Å². The van der Waals surface area contributed by atoms with Gasteiger partial charge in [-0.1, -0.05) is 0 Å². The van der Waals surface area contributed by atoms with Crippen molar-refractivity contribution in [2.45, 2.75) is 18.9 Å². The summed E-state index contributed by atoms with van der Waals surface area (Å²) in [5, 5.41) is 9.80. The van der Waals surface area contributed by atoms with E-state index < -0.39 is 23.7 Å². The first-order valence-electron chi connectivity index (χ1n) is 5.62. The molecule has 0 saturated heterocycles. The molecule has 0 saturated carbocycles. The van der Waals surface area contributed by atoms with Crippen molar-refractivity contribution >= 4 is 34.3 Å². The molecular formula is C12H15BrClF2NO4. The maximum atomic E-state index is 13.9. The smallest absolute Gasteiger partial charge is 0.379 e. The molecule has 0 amide bonds. The highest BCUT2D eigenvalue weighted by atomic mass is 79.9. The van der Waals surface area contributed by atoms with Gasteiger partial charge in [0.1, 0.15) is 17.5 Å². The van der Waals surface area contributed by atoms with Crippen molar-refractivity contribution in [2.24, 2.45) is 5.73 Å². The van der Waals surface area contributed by atoms with Crippen molar-refractivity contribution < 1.29 is 28.2 Å². The van der Waals surface area contributed by atoms with Crippen LogP contribution in [-0.4, -0.2) is 30.7 Å². The summed E-state index contributed by atoms with van der Waals surface area (Å²) in [7, 11) is 1.33. The van der Waals surface area contributed by atoms with Crippen LogP contribution in [0.4, 0.5) is 8.78 Å². The summed E-state index contributed by atoms with van der Waals surface area (Å²) in [6.45, 7) is 1.20. The minimum atomic E-state index is -3.97. The van der Waals surface area contributed by atoms with Gasteiger partial charge in [0.2, 0.25) is 0 Å². The molecule has 0 heterocycles. The number of methoxy groups -OCH3 is 1. The molecule has 1 rings (SSSR count). The molecule has 0 aromatic heterocycles. The van der Waals surface area contributed by atoms with E-state index in [9.17, 15) is 18.7 Å². The Morgan fingerprint density at radius 3 is 2.57 bits per heavy atom. The van der Waals surface area contributed by atoms with Crippen LogP contribution < -0.4 is 10.5 Å². The second kappa shape index (κ2) is 7.77. The summed E-state index contributed by atoms with van der Waals surface area (Å²) >= 11 is 2.99. The molecule has 0 unspecified atom stereocenters. The van der Waals surface area contributed by atoms with Crippen LogP contribution in [0.3, 0.4) is 0 Å². The van der Waals surface area contributed by atoms with E-state index in [4.69, 9.17) is 10.5 Å². The zero-order chi connectivity index (χ0) is 15.5. The predicted molar refractivity (Wildman–Crippen MR) is 78.1 cm³/mol. The van der Waals surface area contributed by atoms with Crippen LogP contribution in [0, 0.1) is 0 Å². The monoisotopic (exact) mass is 389 g/mol. The molecule has 1 atom stereocenters. The minimum absolute atomic E-state index is 0. The van der Waals surface area contributed by atoms with E-state index in [0.717, 1.165) is 6.07 Å². The van der Waals surface area contributed by atoms with Crippen molar-refractivity contribution in [1.82, 2.24) is 0 Å². The van der Waals surface area contributed by atoms with E-state index in [2.05, 4.69) is 20.7 Å². The summed E-state index contributed by atoms with van der Waals surface area (Å²) in [6, 6.07) is 0.458. The summed E-state index contributed by atoms with van der Waals surface area (Å²) < 4.78 is 37.0. The van der Waals surface area contributed by atoms with Crippen molar-refractivity contribution in [3.63, 3.8) is 0 Å². The summed E-state index contributed by atoms with van der Waals surface area (Å²) in [5.74, 6) is -5.99. The number of alkyl halides is 2. The number of hydrogen-bond acceptors (Lipinski definition) is 5. The van der Waals surface area contributed by atoms with Gasteiger partial charge in [-0.2, -0.15) is 8.78 Å². The predicted octanol–water partition coefficient (Wildman–Crippen LogP) is 2.78. The average molecular weight is 391 g/mol. The van der Waals surface area contributed by atoms with Gasteiger partial charge in [-0.25, -0.2) is 4.79 Å². The van der Waals surface area contributed by atoms with E-state index in [-0.39, 0.29) is 34.8 Å². The zero-order valence-electron chi connectivity index (χ0n) is 11.2. The van der Waals surface area contributed by atoms with Crippen LogP contribution in [-0.2, 0) is 9.53 Å². The van der Waals surface area contributed by atoms with Gasteiger partial charge in [0.15, 0.2) is 0 Å². The first kappa shape index (κ1) is 19.9. The number of hydrogen-bond donors (Lipinski definition) is 2. The van der Waals surface area contributed by atoms with E-state index in [1.54, 1.807) is 0 Å². The van der Waals surface area contributed by atoms with Crippen molar-refractivity contribution in [1.29, 1.82) is 0 Å². The molecular weight excluding hydrogens is 375 g/mol. The molecule has 0 radical (unpaired) electrons. The van der Waals surface area contributed by atoms with Crippen molar-refractivity contribution in [3.05, 3.63) is 22.2 Å². The van der Waals surface area contributed by atoms with E-state index in [1.807, 2.05) is 0 Å². The maximum Gasteiger partial charge on any atom is 0.379 e. The van der Waals surface area contributed by atoms with E-state index >= 15 is 0 Å². The van der Waals surface area contributed by atoms with Gasteiger partial charge in [0, 0.05) is 5.56 Å². The van der Waals surface area contributed by atoms with Crippen LogP contribution in [0.25, 0.3) is 0 Å². The average Bonchev–Trinajstić information content (AvgIpc) is 2.41. The lowest BCUT2D eigenvalue weighted by Gasteiger charge is -2.23. The Hall–Kier alpha value is -1.12. The molecule has 0 aliphatic rings. The lowest BCUT2D eigenvalue weighted by atomic mass is 10.00. The first-order chi connectivity index (χ1) is 9.25. The number of ether oxygens (including phenoxy) is 2. The summed E-state index contributed by atoms with van der Waals surface area (Å²) in [6.07, 6.45) is 0. The van der Waals surface area contributed by atoms with Crippen LogP contribution >= 0.6 is 28.3 Å². The Bertz CT molecular complexity index is 516. The maximum absolute atomic E-state index is 13.9. The quantitative estimate of drug-likeness (QED) is 0.756. The molecule has 3 N–H and O–H groups in total. The Kier molecular flexibility index (Phi) is 7.35. The Balaban J connectivity index is 0.00000400. The molecule has 0 spiro atoms. The first-order valence-corrected chi connectivity index (χ1v) is 6.42. The molecule has 0 aliphatic heterocycles. The van der Waals surface area contributed by atoms with Crippen molar-refractivity contribution in [2.75, 3.05) is 13.7 Å². The number of phenols is 1. The third-order valence-corrected chi connectivity index (χ3v) is 3.18.